The Balaban J connectivity index is 1.68. The summed E-state index contributed by atoms with van der Waals surface area (Å²) < 4.78 is 23.9. The van der Waals surface area contributed by atoms with Crippen LogP contribution >= 0.6 is 0 Å². The van der Waals surface area contributed by atoms with Crippen LogP contribution in [0.15, 0.2) is 41.2 Å². The third-order valence-electron chi connectivity index (χ3n) is 11.3. The highest BCUT2D eigenvalue weighted by Crippen LogP contribution is 2.55. The Bertz CT molecular complexity index is 2000. The van der Waals surface area contributed by atoms with Crippen molar-refractivity contribution in [3.63, 3.8) is 0 Å². The summed E-state index contributed by atoms with van der Waals surface area (Å²) in [7, 11) is 3.54. The lowest BCUT2D eigenvalue weighted by Gasteiger charge is -2.33. The summed E-state index contributed by atoms with van der Waals surface area (Å²) in [5.74, 6) is -5.19. The van der Waals surface area contributed by atoms with Crippen LogP contribution in [0.2, 0.25) is 0 Å². The topological polar surface area (TPSA) is 180 Å². The van der Waals surface area contributed by atoms with Gasteiger partial charge in [0.15, 0.2) is 5.75 Å². The number of allylic oxidation sites excluding steroid dienone is 3. The second-order valence-electron chi connectivity index (χ2n) is 16.1. The van der Waals surface area contributed by atoms with Crippen LogP contribution in [-0.4, -0.2) is 107 Å². The summed E-state index contributed by atoms with van der Waals surface area (Å²) in [6, 6.07) is 0. The number of phenolic OH excluding ortho intramolecular Hbond substituents is 3. The van der Waals surface area contributed by atoms with Crippen molar-refractivity contribution in [2.45, 2.75) is 86.2 Å². The Kier molecular flexibility index (Phi) is 13.3. The van der Waals surface area contributed by atoms with Crippen LogP contribution < -0.4 is 10.1 Å². The molecule has 0 spiro atoms. The van der Waals surface area contributed by atoms with Gasteiger partial charge in [-0.25, -0.2) is 0 Å². The molecule has 0 unspecified atom stereocenters. The largest absolute Gasteiger partial charge is 0.507 e. The van der Waals surface area contributed by atoms with Crippen molar-refractivity contribution in [3.05, 3.63) is 52.8 Å². The molecule has 0 saturated carbocycles. The molecular formula is C43H58N4O10. The molecule has 4 aliphatic heterocycles. The molecule has 4 heterocycles. The fourth-order valence-electron chi connectivity index (χ4n) is 8.10. The van der Waals surface area contributed by atoms with Gasteiger partial charge in [-0.15, -0.1) is 0 Å². The van der Waals surface area contributed by atoms with Crippen molar-refractivity contribution in [3.8, 4) is 23.0 Å². The number of ether oxygens (including phenoxy) is 4. The number of esters is 1. The first-order valence-electron chi connectivity index (χ1n) is 19.6. The van der Waals surface area contributed by atoms with E-state index in [9.17, 15) is 29.7 Å². The highest BCUT2D eigenvalue weighted by atomic mass is 16.7. The Labute approximate surface area is 334 Å². The Morgan fingerprint density at radius 3 is 2.33 bits per heavy atom. The van der Waals surface area contributed by atoms with E-state index in [0.717, 1.165) is 25.9 Å². The fourth-order valence-corrected chi connectivity index (χ4v) is 8.10. The number of amides is 1. The number of benzene rings is 2. The van der Waals surface area contributed by atoms with Crippen molar-refractivity contribution >= 4 is 40.3 Å². The highest BCUT2D eigenvalue weighted by Gasteiger charge is 2.49. The molecule has 5 bridgehead atoms. The first-order valence-corrected chi connectivity index (χ1v) is 19.6. The maximum atomic E-state index is 14.4. The average molecular weight is 791 g/mol. The lowest BCUT2D eigenvalue weighted by molar-refractivity contribution is -0.155. The molecule has 57 heavy (non-hydrogen) atoms. The quantitative estimate of drug-likeness (QED) is 0.116. The lowest BCUT2D eigenvalue weighted by Crippen LogP contribution is -2.41. The van der Waals surface area contributed by atoms with Gasteiger partial charge in [0.2, 0.25) is 0 Å². The van der Waals surface area contributed by atoms with Crippen LogP contribution in [0.3, 0.4) is 0 Å². The third kappa shape index (κ3) is 9.07. The van der Waals surface area contributed by atoms with E-state index in [4.69, 9.17) is 18.9 Å². The van der Waals surface area contributed by atoms with Crippen LogP contribution in [-0.2, 0) is 23.8 Å². The summed E-state index contributed by atoms with van der Waals surface area (Å²) in [4.78, 5) is 42.6. The predicted octanol–water partition coefficient (Wildman–Crippen LogP) is 6.39. The number of methoxy groups -OCH3 is 1. The first-order chi connectivity index (χ1) is 26.9. The maximum absolute atomic E-state index is 14.4. The van der Waals surface area contributed by atoms with Gasteiger partial charge in [0.25, 0.3) is 11.7 Å². The number of carbonyl (C=O) groups is 3. The Morgan fingerprint density at radius 2 is 1.68 bits per heavy atom. The number of ketones is 1. The zero-order valence-electron chi connectivity index (χ0n) is 34.7. The Hall–Kier alpha value is -5.08. The van der Waals surface area contributed by atoms with E-state index in [1.165, 1.54) is 40.4 Å². The van der Waals surface area contributed by atoms with Crippen molar-refractivity contribution in [2.24, 2.45) is 28.8 Å². The Morgan fingerprint density at radius 1 is 1.00 bits per heavy atom. The number of nitrogens with one attached hydrogen (secondary N) is 1. The SMILES string of the molecule is CO[C@H]1/C=C/O[C@@]2(C)Oc3c(C)c(O)c4c(O)c(c(/C=N/N5CCN(C)CC5)c(O)c4c3C2=O)NC(=O)/C(C)=C\C=C\[C@H](C)C[C@@H](C)C[C@@H](C)[C@H](OC(C)=O)[C@@H]1C. The van der Waals surface area contributed by atoms with Crippen molar-refractivity contribution in [2.75, 3.05) is 45.7 Å². The number of hydrogen-bond acceptors (Lipinski definition) is 13. The minimum absolute atomic E-state index is 0.0325. The summed E-state index contributed by atoms with van der Waals surface area (Å²) in [6.45, 7) is 16.8. The molecule has 2 aromatic rings. The van der Waals surface area contributed by atoms with Crippen molar-refractivity contribution in [1.82, 2.24) is 9.91 Å². The van der Waals surface area contributed by atoms with E-state index in [0.29, 0.717) is 18.7 Å². The van der Waals surface area contributed by atoms with E-state index in [-0.39, 0.29) is 62.6 Å². The zero-order chi connectivity index (χ0) is 41.9. The number of nitrogens with zero attached hydrogens (tertiary/aromatic N) is 3. The molecule has 1 saturated heterocycles. The summed E-state index contributed by atoms with van der Waals surface area (Å²) in [5.41, 5.74) is 0.00871. The van der Waals surface area contributed by atoms with Crippen LogP contribution in [0.25, 0.3) is 10.8 Å². The monoisotopic (exact) mass is 790 g/mol. The number of likely N-dealkylation sites (N-methyl/N-ethyl adjacent to an activating group) is 1. The first kappa shape index (κ1) is 43.1. The van der Waals surface area contributed by atoms with Gasteiger partial charge >= 0.3 is 11.8 Å². The van der Waals surface area contributed by atoms with Gasteiger partial charge in [-0.3, -0.25) is 19.4 Å². The maximum Gasteiger partial charge on any atom is 0.312 e. The molecule has 310 valence electrons. The van der Waals surface area contributed by atoms with Gasteiger partial charge in [0.1, 0.15) is 23.4 Å². The smallest absolute Gasteiger partial charge is 0.312 e. The zero-order valence-corrected chi connectivity index (χ0v) is 34.7. The minimum Gasteiger partial charge on any atom is -0.507 e. The number of hydrogen-bond donors (Lipinski definition) is 4. The number of aromatic hydroxyl groups is 3. The molecule has 4 N–H and O–H groups in total. The molecule has 1 amide bonds. The van der Waals surface area contributed by atoms with Crippen molar-refractivity contribution < 1.29 is 48.7 Å². The molecule has 4 aliphatic rings. The third-order valence-corrected chi connectivity index (χ3v) is 11.3. The summed E-state index contributed by atoms with van der Waals surface area (Å²) in [6.07, 6.45) is 10.2. The number of anilines is 1. The number of carbonyl (C=O) groups excluding carboxylic acids is 3. The number of hydrazone groups is 1. The summed E-state index contributed by atoms with van der Waals surface area (Å²) >= 11 is 0. The number of Topliss-reactive ketones (excluding diaryl/α,β-unsaturated/α-hetero) is 1. The second-order valence-corrected chi connectivity index (χ2v) is 16.1. The lowest BCUT2D eigenvalue weighted by atomic mass is 9.82. The van der Waals surface area contributed by atoms with E-state index in [1.807, 2.05) is 33.0 Å². The predicted molar refractivity (Wildman–Crippen MR) is 218 cm³/mol. The number of fused-ring (bicyclic) bond motifs is 14. The minimum atomic E-state index is -1.97. The molecule has 0 radical (unpaired) electrons. The summed E-state index contributed by atoms with van der Waals surface area (Å²) in [5, 5.41) is 44.2. The molecule has 14 heteroatoms. The average Bonchev–Trinajstić information content (AvgIpc) is 3.41. The van der Waals surface area contributed by atoms with Gasteiger partial charge < -0.3 is 44.5 Å². The number of phenols is 3. The normalized spacial score (nSPS) is 30.1. The number of rotatable bonds is 4. The fraction of sp³-hybridized carbons (Fsp3) is 0.535. The van der Waals surface area contributed by atoms with Gasteiger partial charge in [0, 0.05) is 69.6 Å². The van der Waals surface area contributed by atoms with Gasteiger partial charge in [0.05, 0.1) is 40.8 Å². The molecule has 0 aromatic heterocycles. The molecule has 7 atom stereocenters. The van der Waals surface area contributed by atoms with E-state index >= 15 is 0 Å². The molecular weight excluding hydrogens is 732 g/mol. The van der Waals surface area contributed by atoms with Gasteiger partial charge in [-0.1, -0.05) is 45.9 Å². The van der Waals surface area contributed by atoms with Crippen LogP contribution in [0.1, 0.15) is 82.8 Å². The van der Waals surface area contributed by atoms with E-state index in [2.05, 4.69) is 29.2 Å². The van der Waals surface area contributed by atoms with Gasteiger partial charge in [-0.05, 0) is 57.6 Å². The second kappa shape index (κ2) is 17.6. The standard InChI is InChI=1S/C43H58N4O10/c1-23-12-11-13-25(3)42(53)45-35-30(22-44-47-17-15-46(9)16-18-47)37(50)32-33(38(35)51)36(49)28(6)40-34(32)41(52)43(8,57-40)55-19-14-31(54-10)27(5)39(56-29(7)48)26(4)21-24(2)20-23/h11-14,19,22-24,26-27,31,39,49-51H,15-18,20-21H2,1-10H3,(H,45,53)/b12-11+,19-14+,25-13-,44-22+/t23-,24+,26+,27+,31-,39-,43-/m0/s1. The molecule has 6 rings (SSSR count). The number of piperazine rings is 1. The molecule has 0 aliphatic carbocycles. The van der Waals surface area contributed by atoms with Gasteiger partial charge in [-0.2, -0.15) is 5.10 Å². The highest BCUT2D eigenvalue weighted by molar-refractivity contribution is 6.23. The van der Waals surface area contributed by atoms with Crippen molar-refractivity contribution in [1.29, 1.82) is 0 Å². The van der Waals surface area contributed by atoms with Crippen LogP contribution in [0, 0.1) is 30.6 Å². The molecule has 14 nitrogen and oxygen atoms in total. The molecule has 1 fully saturated rings. The van der Waals surface area contributed by atoms with Crippen LogP contribution in [0.5, 0.6) is 23.0 Å². The molecule has 2 aromatic carbocycles. The van der Waals surface area contributed by atoms with E-state index < -0.39 is 52.9 Å². The van der Waals surface area contributed by atoms with E-state index in [1.54, 1.807) is 24.1 Å². The van der Waals surface area contributed by atoms with Crippen LogP contribution in [0.4, 0.5) is 5.69 Å².